The van der Waals surface area contributed by atoms with Crippen LogP contribution in [0.1, 0.15) is 87.7 Å². The second-order valence-electron chi connectivity index (χ2n) is 12.0. The first-order valence-electron chi connectivity index (χ1n) is 15.8. The number of ether oxygens (including phenoxy) is 1. The third-order valence-electron chi connectivity index (χ3n) is 9.07. The first kappa shape index (κ1) is 31.6. The van der Waals surface area contributed by atoms with Crippen LogP contribution in [0.25, 0.3) is 11.0 Å². The summed E-state index contributed by atoms with van der Waals surface area (Å²) in [6.07, 6.45) is 8.08. The Balaban J connectivity index is 1.27. The van der Waals surface area contributed by atoms with Crippen LogP contribution in [0, 0.1) is 12.7 Å². The van der Waals surface area contributed by atoms with E-state index in [9.17, 15) is 18.8 Å². The normalized spacial score (nSPS) is 16.2. The van der Waals surface area contributed by atoms with E-state index in [2.05, 4.69) is 22.1 Å². The van der Waals surface area contributed by atoms with Gasteiger partial charge in [0.05, 0.1) is 12.2 Å². The van der Waals surface area contributed by atoms with Crippen molar-refractivity contribution < 1.29 is 18.7 Å². The van der Waals surface area contributed by atoms with Crippen molar-refractivity contribution >= 4 is 34.4 Å². The molecule has 1 aromatic carbocycles. The van der Waals surface area contributed by atoms with Crippen LogP contribution in [-0.2, 0) is 4.79 Å². The molecular weight excluding hydrogens is 563 g/mol. The van der Waals surface area contributed by atoms with E-state index in [4.69, 9.17) is 9.72 Å². The minimum absolute atomic E-state index is 0.0300. The molecule has 1 aliphatic carbocycles. The number of carbonyl (C=O) groups excluding carboxylic acids is 2. The number of aryl methyl sites for hydroxylation is 1. The van der Waals surface area contributed by atoms with Crippen LogP contribution < -0.4 is 15.6 Å². The van der Waals surface area contributed by atoms with Gasteiger partial charge in [0, 0.05) is 68.0 Å². The van der Waals surface area contributed by atoms with Gasteiger partial charge in [0.2, 0.25) is 11.9 Å². The van der Waals surface area contributed by atoms with Gasteiger partial charge in [-0.1, -0.05) is 19.8 Å². The molecule has 2 aromatic heterocycles. The Kier molecular flexibility index (Phi) is 9.93. The number of ketones is 1. The molecule has 2 fully saturated rings. The van der Waals surface area contributed by atoms with Crippen LogP contribution >= 0.6 is 0 Å². The van der Waals surface area contributed by atoms with Gasteiger partial charge >= 0.3 is 0 Å². The number of aromatic nitrogens is 3. The lowest BCUT2D eigenvalue weighted by atomic mass is 10.0. The number of amides is 1. The molecule has 0 spiro atoms. The summed E-state index contributed by atoms with van der Waals surface area (Å²) in [4.78, 5) is 51.0. The minimum atomic E-state index is -0.456. The summed E-state index contributed by atoms with van der Waals surface area (Å²) < 4.78 is 22.2. The van der Waals surface area contributed by atoms with Crippen LogP contribution in [0.2, 0.25) is 0 Å². The van der Waals surface area contributed by atoms with E-state index in [0.717, 1.165) is 71.1 Å². The molecule has 44 heavy (non-hydrogen) atoms. The molecule has 236 valence electrons. The maximum Gasteiger partial charge on any atom is 0.263 e. The summed E-state index contributed by atoms with van der Waals surface area (Å²) in [5.41, 5.74) is 1.34. The van der Waals surface area contributed by atoms with Crippen LogP contribution in [0.4, 0.5) is 16.0 Å². The summed E-state index contributed by atoms with van der Waals surface area (Å²) in [6, 6.07) is 4.83. The number of fused-ring (bicyclic) bond motifs is 1. The predicted octanol–water partition coefficient (Wildman–Crippen LogP) is 5.40. The average molecular weight is 607 g/mol. The summed E-state index contributed by atoms with van der Waals surface area (Å²) in [7, 11) is 0. The van der Waals surface area contributed by atoms with E-state index >= 15 is 0 Å². The lowest BCUT2D eigenvalue weighted by Crippen LogP contribution is -2.46. The number of likely N-dealkylation sites (tertiary alicyclic amines) is 1. The van der Waals surface area contributed by atoms with Gasteiger partial charge in [0.25, 0.3) is 5.56 Å². The van der Waals surface area contributed by atoms with Gasteiger partial charge in [-0.15, -0.1) is 0 Å². The Morgan fingerprint density at radius 2 is 1.84 bits per heavy atom. The first-order chi connectivity index (χ1) is 21.2. The smallest absolute Gasteiger partial charge is 0.263 e. The van der Waals surface area contributed by atoms with Gasteiger partial charge < -0.3 is 19.9 Å². The minimum Gasteiger partial charge on any atom is -0.493 e. The molecule has 3 aromatic rings. The van der Waals surface area contributed by atoms with Crippen molar-refractivity contribution in [2.75, 3.05) is 38.1 Å². The number of halogens is 1. The van der Waals surface area contributed by atoms with Crippen molar-refractivity contribution in [3.63, 3.8) is 0 Å². The fourth-order valence-electron chi connectivity index (χ4n) is 6.76. The third kappa shape index (κ3) is 6.93. The molecule has 0 atom stereocenters. The van der Waals surface area contributed by atoms with Gasteiger partial charge in [0.1, 0.15) is 17.2 Å². The van der Waals surface area contributed by atoms with E-state index in [-0.39, 0.29) is 34.8 Å². The number of nitrogens with zero attached hydrogens (tertiary/aromatic N) is 5. The summed E-state index contributed by atoms with van der Waals surface area (Å²) in [5, 5.41) is 3.74. The molecule has 1 saturated carbocycles. The van der Waals surface area contributed by atoms with Crippen molar-refractivity contribution in [1.29, 1.82) is 0 Å². The Labute approximate surface area is 257 Å². The van der Waals surface area contributed by atoms with Crippen LogP contribution in [0.3, 0.4) is 0 Å². The number of benzene rings is 1. The summed E-state index contributed by atoms with van der Waals surface area (Å²) in [6.45, 7) is 10.8. The van der Waals surface area contributed by atoms with E-state index < -0.39 is 5.82 Å². The molecular formula is C33H43FN6O4. The molecule has 3 heterocycles. The molecule has 1 N–H and O–H groups in total. The predicted molar refractivity (Wildman–Crippen MR) is 168 cm³/mol. The number of nitrogens with one attached hydrogen (secondary N) is 1. The van der Waals surface area contributed by atoms with E-state index in [1.807, 2.05) is 4.90 Å². The van der Waals surface area contributed by atoms with Crippen molar-refractivity contribution in [1.82, 2.24) is 24.3 Å². The maximum atomic E-state index is 14.6. The van der Waals surface area contributed by atoms with Gasteiger partial charge in [-0.25, -0.2) is 9.37 Å². The lowest BCUT2D eigenvalue weighted by molar-refractivity contribution is -0.130. The zero-order valence-electron chi connectivity index (χ0n) is 26.2. The number of Topliss-reactive ketones (excluding diaryl/α,β-unsaturated/α-hetero) is 1. The van der Waals surface area contributed by atoms with Gasteiger partial charge in [-0.3, -0.25) is 19.0 Å². The highest BCUT2D eigenvalue weighted by molar-refractivity contribution is 5.99. The van der Waals surface area contributed by atoms with Crippen LogP contribution in [0.5, 0.6) is 5.75 Å². The molecule has 0 radical (unpaired) electrons. The molecule has 10 nitrogen and oxygen atoms in total. The number of rotatable bonds is 11. The fourth-order valence-corrected chi connectivity index (χ4v) is 6.76. The zero-order chi connectivity index (χ0) is 31.4. The van der Waals surface area contributed by atoms with Crippen molar-refractivity contribution in [3.8, 4) is 5.75 Å². The monoisotopic (exact) mass is 606 g/mol. The number of hydrogen-bond donors (Lipinski definition) is 1. The van der Waals surface area contributed by atoms with E-state index in [1.54, 1.807) is 30.7 Å². The molecule has 11 heteroatoms. The quantitative estimate of drug-likeness (QED) is 0.228. The summed E-state index contributed by atoms with van der Waals surface area (Å²) in [5.74, 6) is 0.0373. The molecule has 1 aliphatic heterocycles. The Morgan fingerprint density at radius 1 is 1.11 bits per heavy atom. The second-order valence-corrected chi connectivity index (χ2v) is 12.0. The van der Waals surface area contributed by atoms with Crippen molar-refractivity contribution in [2.45, 2.75) is 84.7 Å². The number of pyridine rings is 1. The fraction of sp³-hybridized carbons (Fsp3) is 0.545. The van der Waals surface area contributed by atoms with Gasteiger partial charge in [0.15, 0.2) is 5.78 Å². The highest BCUT2D eigenvalue weighted by Crippen LogP contribution is 2.32. The van der Waals surface area contributed by atoms with Crippen molar-refractivity contribution in [3.05, 3.63) is 51.7 Å². The highest BCUT2D eigenvalue weighted by atomic mass is 19.1. The van der Waals surface area contributed by atoms with Crippen LogP contribution in [-0.4, -0.2) is 74.9 Å². The Hall–Kier alpha value is -3.86. The molecule has 1 amide bonds. The zero-order valence-corrected chi connectivity index (χ0v) is 26.2. The van der Waals surface area contributed by atoms with Gasteiger partial charge in [-0.2, -0.15) is 4.98 Å². The van der Waals surface area contributed by atoms with E-state index in [0.29, 0.717) is 40.7 Å². The molecule has 0 unspecified atom stereocenters. The molecule has 5 rings (SSSR count). The lowest BCUT2D eigenvalue weighted by Gasteiger charge is -2.37. The van der Waals surface area contributed by atoms with Crippen LogP contribution in [0.15, 0.2) is 29.2 Å². The molecule has 0 bridgehead atoms. The third-order valence-corrected chi connectivity index (χ3v) is 9.07. The number of hydrogen-bond acceptors (Lipinski definition) is 8. The first-order valence-corrected chi connectivity index (χ1v) is 15.8. The second kappa shape index (κ2) is 13.8. The Bertz CT molecular complexity index is 1580. The maximum absolute atomic E-state index is 14.6. The SMILES string of the molecule is CCN(CCCOc1cc(F)cc(Nc2ncc3c(C)c(C(C)=O)c(=O)n(C4CCCC4)c3n2)c1)C1CCN(C(C)=O)CC1. The van der Waals surface area contributed by atoms with E-state index in [1.165, 1.54) is 19.1 Å². The number of anilines is 2. The topological polar surface area (TPSA) is 110 Å². The highest BCUT2D eigenvalue weighted by Gasteiger charge is 2.26. The molecule has 2 aliphatic rings. The van der Waals surface area contributed by atoms with Crippen molar-refractivity contribution in [2.24, 2.45) is 0 Å². The van der Waals surface area contributed by atoms with Gasteiger partial charge in [-0.05, 0) is 64.1 Å². The largest absolute Gasteiger partial charge is 0.493 e. The Morgan fingerprint density at radius 3 is 2.50 bits per heavy atom. The molecule has 1 saturated heterocycles. The number of piperidine rings is 1. The summed E-state index contributed by atoms with van der Waals surface area (Å²) >= 11 is 0. The number of carbonyl (C=O) groups is 2. The average Bonchev–Trinajstić information content (AvgIpc) is 3.51. The standard InChI is InChI=1S/C33H43FN6O4/c1-5-38(26-11-14-39(15-12-26)23(4)42)13-8-16-44-28-18-24(34)17-25(19-28)36-33-35-20-29-21(2)30(22(3)41)32(43)40(31(29)37-33)27-9-6-7-10-27/h17-20,26-27H,5-16H2,1-4H3,(H,35,36,37).